The minimum Gasteiger partial charge on any atom is -0.479 e. The zero-order valence-corrected chi connectivity index (χ0v) is 19.5. The zero-order valence-electron chi connectivity index (χ0n) is 19.5. The monoisotopic (exact) mass is 499 g/mol. The van der Waals surface area contributed by atoms with E-state index < -0.39 is 53.9 Å². The van der Waals surface area contributed by atoms with Crippen molar-refractivity contribution in [1.82, 2.24) is 0 Å². The maximum atomic E-state index is 14.5. The number of carboxylic acids is 1. The number of rotatable bonds is 11. The maximum absolute atomic E-state index is 14.5. The highest BCUT2D eigenvalue weighted by molar-refractivity contribution is 5.83. The molecule has 35 heavy (non-hydrogen) atoms. The highest BCUT2D eigenvalue weighted by atomic mass is 19.1. The van der Waals surface area contributed by atoms with Gasteiger partial charge in [0.25, 0.3) is 0 Å². The van der Waals surface area contributed by atoms with Crippen LogP contribution in [0.3, 0.4) is 0 Å². The standard InChI is InChI=1S/C24H31F2NO8/c1-14(34-23(31)35-17-5-3-2-4-6-17)33-20(28)12-18(11-19-21(27)24(19,26)22(29)30)32-13-15-7-9-16(25)10-8-15/h7-10,14,17-19,21H,2-6,11-13,27H2,1H3,(H,29,30). The van der Waals surface area contributed by atoms with E-state index in [2.05, 4.69) is 0 Å². The molecule has 194 valence electrons. The van der Waals surface area contributed by atoms with Crippen molar-refractivity contribution in [3.63, 3.8) is 0 Å². The molecular weight excluding hydrogens is 468 g/mol. The van der Waals surface area contributed by atoms with Gasteiger partial charge in [0.15, 0.2) is 0 Å². The van der Waals surface area contributed by atoms with Gasteiger partial charge in [0.05, 0.1) is 25.2 Å². The minimum absolute atomic E-state index is 0.0354. The third-order valence-corrected chi connectivity index (χ3v) is 6.36. The normalized spacial score (nSPS) is 25.8. The lowest BCUT2D eigenvalue weighted by atomic mass is 9.98. The van der Waals surface area contributed by atoms with Gasteiger partial charge in [-0.1, -0.05) is 18.6 Å². The molecule has 3 rings (SSSR count). The van der Waals surface area contributed by atoms with Gasteiger partial charge in [0.2, 0.25) is 12.0 Å². The number of alkyl halides is 1. The lowest BCUT2D eigenvalue weighted by Crippen LogP contribution is -2.29. The van der Waals surface area contributed by atoms with Crippen LogP contribution in [0.2, 0.25) is 0 Å². The fourth-order valence-electron chi connectivity index (χ4n) is 4.29. The number of carbonyl (C=O) groups excluding carboxylic acids is 2. The molecule has 3 N–H and O–H groups in total. The molecule has 0 aromatic heterocycles. The third-order valence-electron chi connectivity index (χ3n) is 6.36. The van der Waals surface area contributed by atoms with Crippen molar-refractivity contribution in [3.05, 3.63) is 35.6 Å². The van der Waals surface area contributed by atoms with Crippen LogP contribution in [0.15, 0.2) is 24.3 Å². The topological polar surface area (TPSA) is 134 Å². The summed E-state index contributed by atoms with van der Waals surface area (Å²) in [6, 6.07) is 4.21. The van der Waals surface area contributed by atoms with Gasteiger partial charge in [-0.05, 0) is 49.8 Å². The predicted molar refractivity (Wildman–Crippen MR) is 117 cm³/mol. The van der Waals surface area contributed by atoms with Crippen molar-refractivity contribution in [2.45, 2.75) is 88.7 Å². The van der Waals surface area contributed by atoms with Crippen molar-refractivity contribution in [2.75, 3.05) is 0 Å². The van der Waals surface area contributed by atoms with E-state index in [1.54, 1.807) is 0 Å². The quantitative estimate of drug-likeness (QED) is 0.346. The predicted octanol–water partition coefficient (Wildman–Crippen LogP) is 3.62. The van der Waals surface area contributed by atoms with Crippen molar-refractivity contribution in [1.29, 1.82) is 0 Å². The van der Waals surface area contributed by atoms with Crippen LogP contribution < -0.4 is 5.73 Å². The van der Waals surface area contributed by atoms with Crippen molar-refractivity contribution in [3.8, 4) is 0 Å². The number of hydrogen-bond donors (Lipinski definition) is 2. The van der Waals surface area contributed by atoms with Crippen LogP contribution in [0.1, 0.15) is 57.4 Å². The summed E-state index contributed by atoms with van der Waals surface area (Å²) >= 11 is 0. The van der Waals surface area contributed by atoms with E-state index in [1.165, 1.54) is 31.2 Å². The molecule has 11 heteroatoms. The summed E-state index contributed by atoms with van der Waals surface area (Å²) in [5.41, 5.74) is 3.62. The number of esters is 1. The molecule has 0 amide bonds. The lowest BCUT2D eigenvalue weighted by molar-refractivity contribution is -0.172. The van der Waals surface area contributed by atoms with Gasteiger partial charge in [0.1, 0.15) is 11.9 Å². The van der Waals surface area contributed by atoms with Crippen LogP contribution in [0.4, 0.5) is 13.6 Å². The number of aliphatic carboxylic acids is 1. The van der Waals surface area contributed by atoms with Crippen molar-refractivity contribution >= 4 is 18.1 Å². The van der Waals surface area contributed by atoms with Crippen LogP contribution in [0, 0.1) is 11.7 Å². The third kappa shape index (κ3) is 7.35. The average Bonchev–Trinajstić information content (AvgIpc) is 3.33. The summed E-state index contributed by atoms with van der Waals surface area (Å²) in [7, 11) is 0. The number of carbonyl (C=O) groups is 3. The molecule has 5 atom stereocenters. The first-order valence-corrected chi connectivity index (χ1v) is 11.7. The molecule has 5 unspecified atom stereocenters. The van der Waals surface area contributed by atoms with E-state index in [9.17, 15) is 23.2 Å². The molecule has 2 saturated carbocycles. The summed E-state index contributed by atoms with van der Waals surface area (Å²) in [6.07, 6.45) is 0.678. The van der Waals surface area contributed by atoms with Gasteiger partial charge >= 0.3 is 18.1 Å². The largest absolute Gasteiger partial charge is 0.511 e. The summed E-state index contributed by atoms with van der Waals surface area (Å²) in [6.45, 7) is 1.31. The molecule has 1 aromatic rings. The van der Waals surface area contributed by atoms with E-state index in [0.717, 1.165) is 32.1 Å². The first kappa shape index (κ1) is 26.8. The molecule has 1 aromatic carbocycles. The number of carboxylic acid groups (broad SMARTS) is 1. The average molecular weight is 500 g/mol. The smallest absolute Gasteiger partial charge is 0.479 e. The van der Waals surface area contributed by atoms with Gasteiger partial charge in [0, 0.05) is 12.8 Å². The van der Waals surface area contributed by atoms with E-state index in [4.69, 9.17) is 29.8 Å². The summed E-state index contributed by atoms with van der Waals surface area (Å²) < 4.78 is 48.7. The minimum atomic E-state index is -2.60. The van der Waals surface area contributed by atoms with Gasteiger partial charge in [-0.25, -0.2) is 18.4 Å². The summed E-state index contributed by atoms with van der Waals surface area (Å²) in [4.78, 5) is 35.6. The van der Waals surface area contributed by atoms with Crippen molar-refractivity contribution < 1.29 is 47.2 Å². The second kappa shape index (κ2) is 11.8. The Morgan fingerprint density at radius 2 is 1.80 bits per heavy atom. The molecule has 0 spiro atoms. The summed E-state index contributed by atoms with van der Waals surface area (Å²) in [5, 5.41) is 9.12. The molecular formula is C24H31F2NO8. The Bertz CT molecular complexity index is 892. The van der Waals surface area contributed by atoms with E-state index in [-0.39, 0.29) is 25.6 Å². The number of ether oxygens (including phenoxy) is 4. The number of benzene rings is 1. The Kier molecular flexibility index (Phi) is 9.01. The summed E-state index contributed by atoms with van der Waals surface area (Å²) in [5.74, 6) is -3.96. The van der Waals surface area contributed by atoms with Gasteiger partial charge < -0.3 is 29.8 Å². The van der Waals surface area contributed by atoms with Gasteiger partial charge in [-0.2, -0.15) is 0 Å². The molecule has 0 heterocycles. The number of halogens is 2. The fraction of sp³-hybridized carbons (Fsp3) is 0.625. The number of nitrogens with two attached hydrogens (primary N) is 1. The van der Waals surface area contributed by atoms with Crippen LogP contribution in [0.25, 0.3) is 0 Å². The van der Waals surface area contributed by atoms with E-state index >= 15 is 0 Å². The Morgan fingerprint density at radius 1 is 1.14 bits per heavy atom. The zero-order chi connectivity index (χ0) is 25.6. The molecule has 2 aliphatic rings. The highest BCUT2D eigenvalue weighted by Crippen LogP contribution is 2.49. The SMILES string of the molecule is CC(OC(=O)CC(CC1C(N)C1(F)C(=O)O)OCc1ccc(F)cc1)OC(=O)OC1CCCCC1. The van der Waals surface area contributed by atoms with Crippen LogP contribution in [-0.2, 0) is 35.1 Å². The maximum Gasteiger partial charge on any atom is 0.511 e. The molecule has 2 fully saturated rings. The highest BCUT2D eigenvalue weighted by Gasteiger charge is 2.70. The van der Waals surface area contributed by atoms with Crippen LogP contribution >= 0.6 is 0 Å². The molecule has 0 bridgehead atoms. The first-order chi connectivity index (χ1) is 16.6. The molecule has 9 nitrogen and oxygen atoms in total. The van der Waals surface area contributed by atoms with Crippen LogP contribution in [-0.4, -0.2) is 53.4 Å². The Hall–Kier alpha value is -2.79. The Morgan fingerprint density at radius 3 is 2.40 bits per heavy atom. The molecule has 0 radical (unpaired) electrons. The van der Waals surface area contributed by atoms with E-state index in [0.29, 0.717) is 5.56 Å². The van der Waals surface area contributed by atoms with Gasteiger partial charge in [-0.15, -0.1) is 0 Å². The first-order valence-electron chi connectivity index (χ1n) is 11.7. The lowest BCUT2D eigenvalue weighted by Gasteiger charge is -2.23. The molecule has 0 aliphatic heterocycles. The van der Waals surface area contributed by atoms with Gasteiger partial charge in [-0.3, -0.25) is 4.79 Å². The molecule has 0 saturated heterocycles. The Labute approximate surface area is 201 Å². The van der Waals surface area contributed by atoms with E-state index in [1.807, 2.05) is 0 Å². The fourth-order valence-corrected chi connectivity index (χ4v) is 4.29. The second-order valence-corrected chi connectivity index (χ2v) is 9.01. The number of hydrogen-bond acceptors (Lipinski definition) is 8. The molecule has 2 aliphatic carbocycles. The second-order valence-electron chi connectivity index (χ2n) is 9.01. The van der Waals surface area contributed by atoms with Crippen LogP contribution in [0.5, 0.6) is 0 Å². The Balaban J connectivity index is 1.52. The van der Waals surface area contributed by atoms with Crippen molar-refractivity contribution in [2.24, 2.45) is 11.7 Å².